The minimum Gasteiger partial charge on any atom is -0.441 e. The summed E-state index contributed by atoms with van der Waals surface area (Å²) in [5.74, 6) is 1.49. The first-order valence-corrected chi connectivity index (χ1v) is 10.2. The van der Waals surface area contributed by atoms with Crippen LogP contribution in [0, 0.1) is 5.92 Å². The molecule has 0 aliphatic carbocycles. The Kier molecular flexibility index (Phi) is 5.83. The van der Waals surface area contributed by atoms with E-state index in [9.17, 15) is 0 Å². The first-order chi connectivity index (χ1) is 12.1. The Bertz CT molecular complexity index is 692. The third kappa shape index (κ3) is 3.92. The highest BCUT2D eigenvalue weighted by Crippen LogP contribution is 2.40. The van der Waals surface area contributed by atoms with Crippen molar-refractivity contribution in [3.8, 4) is 0 Å². The summed E-state index contributed by atoms with van der Waals surface area (Å²) in [5.41, 5.74) is 3.58. The van der Waals surface area contributed by atoms with Gasteiger partial charge in [-0.15, -0.1) is 0 Å². The number of benzene rings is 1. The van der Waals surface area contributed by atoms with Gasteiger partial charge in [0.15, 0.2) is 11.5 Å². The quantitative estimate of drug-likeness (QED) is 0.616. The molecule has 1 aromatic heterocycles. The van der Waals surface area contributed by atoms with E-state index in [1.807, 2.05) is 0 Å². The van der Waals surface area contributed by atoms with Crippen molar-refractivity contribution in [3.63, 3.8) is 0 Å². The lowest BCUT2D eigenvalue weighted by atomic mass is 9.68. The molecule has 3 nitrogen and oxygen atoms in total. The van der Waals surface area contributed by atoms with E-state index >= 15 is 0 Å². The summed E-state index contributed by atoms with van der Waals surface area (Å²) in [6, 6.07) is 6.66. The fourth-order valence-electron chi connectivity index (χ4n) is 4.19. The van der Waals surface area contributed by atoms with Crippen LogP contribution in [0.4, 0.5) is 0 Å². The maximum absolute atomic E-state index is 5.90. The Morgan fingerprint density at radius 2 is 2.08 bits per heavy atom. The number of rotatable bonds is 7. The van der Waals surface area contributed by atoms with Gasteiger partial charge in [0.1, 0.15) is 5.52 Å². The molecule has 0 unspecified atom stereocenters. The Morgan fingerprint density at radius 1 is 1.24 bits per heavy atom. The highest BCUT2D eigenvalue weighted by molar-refractivity contribution is 5.73. The van der Waals surface area contributed by atoms with E-state index in [2.05, 4.69) is 55.8 Å². The number of hydrogen-bond acceptors (Lipinski definition) is 3. The summed E-state index contributed by atoms with van der Waals surface area (Å²) in [7, 11) is 0. The smallest absolute Gasteiger partial charge is 0.195 e. The van der Waals surface area contributed by atoms with Crippen LogP contribution in [0.15, 0.2) is 22.6 Å². The fourth-order valence-corrected chi connectivity index (χ4v) is 4.19. The van der Waals surface area contributed by atoms with Gasteiger partial charge in [-0.25, -0.2) is 4.98 Å². The van der Waals surface area contributed by atoms with E-state index in [0.29, 0.717) is 5.92 Å². The Morgan fingerprint density at radius 3 is 2.80 bits per heavy atom. The van der Waals surface area contributed by atoms with Crippen LogP contribution < -0.4 is 0 Å². The molecule has 3 heteroatoms. The van der Waals surface area contributed by atoms with E-state index < -0.39 is 0 Å². The van der Waals surface area contributed by atoms with Crippen LogP contribution in [0.5, 0.6) is 0 Å². The molecule has 1 aliphatic rings. The van der Waals surface area contributed by atoms with Crippen molar-refractivity contribution >= 4 is 11.1 Å². The molecule has 25 heavy (non-hydrogen) atoms. The largest absolute Gasteiger partial charge is 0.441 e. The third-order valence-corrected chi connectivity index (χ3v) is 6.29. The van der Waals surface area contributed by atoms with Gasteiger partial charge in [-0.05, 0) is 55.0 Å². The van der Waals surface area contributed by atoms with E-state index in [1.165, 1.54) is 57.3 Å². The van der Waals surface area contributed by atoms with Crippen LogP contribution in [-0.2, 0) is 11.8 Å². The lowest BCUT2D eigenvalue weighted by molar-refractivity contribution is 0.109. The van der Waals surface area contributed by atoms with Crippen molar-refractivity contribution in [2.45, 2.75) is 71.6 Å². The van der Waals surface area contributed by atoms with Crippen LogP contribution in [0.2, 0.25) is 0 Å². The maximum atomic E-state index is 5.90. The molecule has 2 aromatic rings. The van der Waals surface area contributed by atoms with Gasteiger partial charge in [-0.3, -0.25) is 0 Å². The lowest BCUT2D eigenvalue weighted by Crippen LogP contribution is -2.47. The molecular weight excluding hydrogens is 308 g/mol. The van der Waals surface area contributed by atoms with Crippen molar-refractivity contribution in [3.05, 3.63) is 29.7 Å². The van der Waals surface area contributed by atoms with Crippen molar-refractivity contribution < 1.29 is 4.42 Å². The van der Waals surface area contributed by atoms with Gasteiger partial charge >= 0.3 is 0 Å². The number of oxazole rings is 1. The number of nitrogens with zero attached hydrogens (tertiary/aromatic N) is 2. The van der Waals surface area contributed by atoms with Gasteiger partial charge in [0.25, 0.3) is 0 Å². The molecule has 1 fully saturated rings. The van der Waals surface area contributed by atoms with Gasteiger partial charge in [0.05, 0.1) is 0 Å². The number of piperidine rings is 1. The lowest BCUT2D eigenvalue weighted by Gasteiger charge is -2.45. The number of fused-ring (bicyclic) bond motifs is 1. The Hall–Kier alpha value is -1.35. The number of aryl methyl sites for hydroxylation is 1. The number of aromatic nitrogens is 1. The molecule has 1 aliphatic heterocycles. The van der Waals surface area contributed by atoms with Crippen LogP contribution in [-0.4, -0.2) is 29.5 Å². The van der Waals surface area contributed by atoms with Crippen molar-refractivity contribution in [2.75, 3.05) is 19.6 Å². The molecule has 138 valence electrons. The third-order valence-electron chi connectivity index (χ3n) is 6.29. The molecule has 0 N–H and O–H groups in total. The van der Waals surface area contributed by atoms with Crippen LogP contribution in [0.25, 0.3) is 11.1 Å². The molecule has 0 amide bonds. The highest BCUT2D eigenvalue weighted by atomic mass is 16.3. The number of hydrogen-bond donors (Lipinski definition) is 0. The van der Waals surface area contributed by atoms with E-state index in [4.69, 9.17) is 4.42 Å². The second-order valence-corrected chi connectivity index (χ2v) is 8.07. The standard InChI is InChI=1S/C22H34N2O/c1-5-7-8-9-13-24-14-12-22(4,17(3)16-24)18-10-11-19-20(15-18)25-21(6-2)23-19/h10-11,15,17H,5-9,12-14,16H2,1-4H3/t17-,22-/m0/s1. The molecule has 0 bridgehead atoms. The van der Waals surface area contributed by atoms with Crippen LogP contribution >= 0.6 is 0 Å². The molecule has 0 radical (unpaired) electrons. The molecule has 1 aromatic carbocycles. The number of unbranched alkanes of at least 4 members (excludes halogenated alkanes) is 3. The van der Waals surface area contributed by atoms with E-state index in [1.54, 1.807) is 0 Å². The maximum Gasteiger partial charge on any atom is 0.195 e. The molecule has 2 atom stereocenters. The van der Waals surface area contributed by atoms with Gasteiger partial charge in [0, 0.05) is 13.0 Å². The van der Waals surface area contributed by atoms with Crippen molar-refractivity contribution in [1.29, 1.82) is 0 Å². The van der Waals surface area contributed by atoms with Crippen molar-refractivity contribution in [1.82, 2.24) is 9.88 Å². The van der Waals surface area contributed by atoms with Gasteiger partial charge < -0.3 is 9.32 Å². The average molecular weight is 343 g/mol. The first kappa shape index (κ1) is 18.4. The van der Waals surface area contributed by atoms with Crippen LogP contribution in [0.3, 0.4) is 0 Å². The van der Waals surface area contributed by atoms with Crippen LogP contribution in [0.1, 0.15) is 71.3 Å². The zero-order valence-corrected chi connectivity index (χ0v) is 16.5. The summed E-state index contributed by atoms with van der Waals surface area (Å²) >= 11 is 0. The summed E-state index contributed by atoms with van der Waals surface area (Å²) in [5, 5.41) is 0. The molecule has 2 heterocycles. The molecule has 1 saturated heterocycles. The SMILES string of the molecule is CCCCCCN1CC[C@](C)(c2ccc3nc(CC)oc3c2)[C@@H](C)C1. The predicted octanol–water partition coefficient (Wildman–Crippen LogP) is 5.57. The molecule has 0 spiro atoms. The fraction of sp³-hybridized carbons (Fsp3) is 0.682. The minimum absolute atomic E-state index is 0.229. The molecular formula is C22H34N2O. The van der Waals surface area contributed by atoms with Gasteiger partial charge in [0.2, 0.25) is 0 Å². The van der Waals surface area contributed by atoms with Gasteiger partial charge in [-0.1, -0.05) is 53.0 Å². The normalized spacial score (nSPS) is 24.9. The van der Waals surface area contributed by atoms with E-state index in [0.717, 1.165) is 23.4 Å². The first-order valence-electron chi connectivity index (χ1n) is 10.2. The Balaban J connectivity index is 1.69. The topological polar surface area (TPSA) is 29.3 Å². The second kappa shape index (κ2) is 7.90. The summed E-state index contributed by atoms with van der Waals surface area (Å²) in [6.07, 6.45) is 7.49. The molecule has 3 rings (SSSR count). The Labute approximate surface area is 152 Å². The summed E-state index contributed by atoms with van der Waals surface area (Å²) < 4.78 is 5.90. The van der Waals surface area contributed by atoms with E-state index in [-0.39, 0.29) is 5.41 Å². The summed E-state index contributed by atoms with van der Waals surface area (Å²) in [4.78, 5) is 7.22. The zero-order valence-electron chi connectivity index (χ0n) is 16.5. The summed E-state index contributed by atoms with van der Waals surface area (Å²) in [6.45, 7) is 12.9. The monoisotopic (exact) mass is 342 g/mol. The van der Waals surface area contributed by atoms with Crippen molar-refractivity contribution in [2.24, 2.45) is 5.92 Å². The zero-order chi connectivity index (χ0) is 17.9. The molecule has 0 saturated carbocycles. The highest BCUT2D eigenvalue weighted by Gasteiger charge is 2.38. The predicted molar refractivity (Wildman–Crippen MR) is 105 cm³/mol. The van der Waals surface area contributed by atoms with Gasteiger partial charge in [-0.2, -0.15) is 0 Å². The number of likely N-dealkylation sites (tertiary alicyclic amines) is 1. The average Bonchev–Trinajstić information content (AvgIpc) is 3.04. The second-order valence-electron chi connectivity index (χ2n) is 8.07. The minimum atomic E-state index is 0.229.